The number of phenolic OH excluding ortho intramolecular Hbond substituents is 1. The molecule has 1 unspecified atom stereocenters. The minimum absolute atomic E-state index is 0.0301. The summed E-state index contributed by atoms with van der Waals surface area (Å²) < 4.78 is 0.624. The maximum absolute atomic E-state index is 11.6. The molecule has 5 nitrogen and oxygen atoms in total. The lowest BCUT2D eigenvalue weighted by atomic mass is 10.2. The van der Waals surface area contributed by atoms with Gasteiger partial charge in [-0.05, 0) is 25.1 Å². The summed E-state index contributed by atoms with van der Waals surface area (Å²) in [4.78, 5) is 22.1. The molecule has 1 aromatic carbocycles. The van der Waals surface area contributed by atoms with Crippen molar-refractivity contribution in [2.45, 2.75) is 13.0 Å². The van der Waals surface area contributed by atoms with Crippen molar-refractivity contribution in [2.24, 2.45) is 0 Å². The summed E-state index contributed by atoms with van der Waals surface area (Å²) in [5.41, 5.74) is 0.0301. The first kappa shape index (κ1) is 12.5. The van der Waals surface area contributed by atoms with Gasteiger partial charge in [-0.15, -0.1) is 0 Å². The molecule has 0 radical (unpaired) electrons. The summed E-state index contributed by atoms with van der Waals surface area (Å²) in [5, 5.41) is 20.3. The van der Waals surface area contributed by atoms with Crippen LogP contribution in [-0.4, -0.2) is 28.1 Å². The zero-order chi connectivity index (χ0) is 12.3. The minimum Gasteiger partial charge on any atom is -0.507 e. The average Bonchev–Trinajstić information content (AvgIpc) is 2.21. The van der Waals surface area contributed by atoms with Crippen LogP contribution in [0.5, 0.6) is 5.75 Å². The van der Waals surface area contributed by atoms with Gasteiger partial charge in [0.25, 0.3) is 5.91 Å². The van der Waals surface area contributed by atoms with E-state index in [9.17, 15) is 14.7 Å². The Hall–Kier alpha value is -1.56. The third-order valence-electron chi connectivity index (χ3n) is 1.92. The molecule has 1 aromatic rings. The largest absolute Gasteiger partial charge is 0.507 e. The van der Waals surface area contributed by atoms with Crippen molar-refractivity contribution in [3.63, 3.8) is 0 Å². The third kappa shape index (κ3) is 2.96. The number of hydrogen-bond acceptors (Lipinski definition) is 3. The number of aromatic hydroxyl groups is 1. The quantitative estimate of drug-likeness (QED) is 0.783. The molecule has 6 heteroatoms. The molecule has 0 aromatic heterocycles. The van der Waals surface area contributed by atoms with Crippen molar-refractivity contribution in [3.8, 4) is 5.75 Å². The van der Waals surface area contributed by atoms with Gasteiger partial charge in [-0.1, -0.05) is 15.9 Å². The van der Waals surface area contributed by atoms with E-state index in [0.717, 1.165) is 0 Å². The van der Waals surface area contributed by atoms with Gasteiger partial charge in [0.2, 0.25) is 0 Å². The van der Waals surface area contributed by atoms with Crippen LogP contribution in [0.1, 0.15) is 17.3 Å². The van der Waals surface area contributed by atoms with Crippen molar-refractivity contribution in [2.75, 3.05) is 0 Å². The Morgan fingerprint density at radius 2 is 2.06 bits per heavy atom. The fraction of sp³-hybridized carbons (Fsp3) is 0.200. The molecule has 0 aliphatic heterocycles. The number of carboxylic acid groups (broad SMARTS) is 1. The number of carbonyl (C=O) groups excluding carboxylic acids is 1. The lowest BCUT2D eigenvalue weighted by Crippen LogP contribution is -2.38. The molecule has 1 atom stereocenters. The van der Waals surface area contributed by atoms with E-state index in [2.05, 4.69) is 21.2 Å². The predicted octanol–water partition coefficient (Wildman–Crippen LogP) is 1.36. The van der Waals surface area contributed by atoms with Gasteiger partial charge in [0.1, 0.15) is 11.8 Å². The SMILES string of the molecule is CC(NC(=O)c1cc(Br)ccc1O)C(=O)O. The van der Waals surface area contributed by atoms with Crippen LogP contribution in [0.2, 0.25) is 0 Å². The number of hydrogen-bond donors (Lipinski definition) is 3. The Labute approximate surface area is 100 Å². The van der Waals surface area contributed by atoms with Crippen LogP contribution >= 0.6 is 15.9 Å². The van der Waals surface area contributed by atoms with Gasteiger partial charge in [0, 0.05) is 4.47 Å². The fourth-order valence-corrected chi connectivity index (χ4v) is 1.39. The Kier molecular flexibility index (Phi) is 3.89. The first-order valence-corrected chi connectivity index (χ1v) is 5.23. The molecule has 16 heavy (non-hydrogen) atoms. The number of rotatable bonds is 3. The molecule has 0 aliphatic carbocycles. The Morgan fingerprint density at radius 1 is 1.44 bits per heavy atom. The Bertz CT molecular complexity index is 433. The number of aliphatic carboxylic acids is 1. The predicted molar refractivity (Wildman–Crippen MR) is 60.4 cm³/mol. The molecule has 0 spiro atoms. The van der Waals surface area contributed by atoms with E-state index >= 15 is 0 Å². The molecule has 3 N–H and O–H groups in total. The number of carboxylic acids is 1. The van der Waals surface area contributed by atoms with Crippen LogP contribution in [-0.2, 0) is 4.79 Å². The topological polar surface area (TPSA) is 86.6 Å². The van der Waals surface area contributed by atoms with Crippen LogP contribution in [0.25, 0.3) is 0 Å². The maximum atomic E-state index is 11.6. The van der Waals surface area contributed by atoms with Crippen molar-refractivity contribution >= 4 is 27.8 Å². The van der Waals surface area contributed by atoms with Gasteiger partial charge in [-0.3, -0.25) is 9.59 Å². The van der Waals surface area contributed by atoms with Gasteiger partial charge < -0.3 is 15.5 Å². The molecule has 1 rings (SSSR count). The lowest BCUT2D eigenvalue weighted by molar-refractivity contribution is -0.138. The van der Waals surface area contributed by atoms with Gasteiger partial charge in [-0.25, -0.2) is 0 Å². The standard InChI is InChI=1S/C10H10BrNO4/c1-5(10(15)16)12-9(14)7-4-6(11)2-3-8(7)13/h2-5,13H,1H3,(H,12,14)(H,15,16). The van der Waals surface area contributed by atoms with E-state index < -0.39 is 17.9 Å². The van der Waals surface area contributed by atoms with Gasteiger partial charge in [0.15, 0.2) is 0 Å². The van der Waals surface area contributed by atoms with E-state index in [-0.39, 0.29) is 11.3 Å². The molecule has 0 bridgehead atoms. The Morgan fingerprint density at radius 3 is 2.62 bits per heavy atom. The van der Waals surface area contributed by atoms with Crippen molar-refractivity contribution < 1.29 is 19.8 Å². The van der Waals surface area contributed by atoms with Crippen molar-refractivity contribution in [1.82, 2.24) is 5.32 Å². The number of halogens is 1. The molecular weight excluding hydrogens is 278 g/mol. The number of carbonyl (C=O) groups is 2. The molecule has 0 saturated heterocycles. The first-order valence-electron chi connectivity index (χ1n) is 4.44. The van der Waals surface area contributed by atoms with Crippen molar-refractivity contribution in [1.29, 1.82) is 0 Å². The van der Waals surface area contributed by atoms with E-state index in [1.165, 1.54) is 19.1 Å². The zero-order valence-electron chi connectivity index (χ0n) is 8.40. The van der Waals surface area contributed by atoms with Gasteiger partial charge in [-0.2, -0.15) is 0 Å². The number of phenols is 1. The highest BCUT2D eigenvalue weighted by atomic mass is 79.9. The highest BCUT2D eigenvalue weighted by Gasteiger charge is 2.17. The van der Waals surface area contributed by atoms with Crippen LogP contribution < -0.4 is 5.32 Å². The highest BCUT2D eigenvalue weighted by Crippen LogP contribution is 2.21. The lowest BCUT2D eigenvalue weighted by Gasteiger charge is -2.10. The monoisotopic (exact) mass is 287 g/mol. The van der Waals surface area contributed by atoms with Crippen LogP contribution in [0.4, 0.5) is 0 Å². The Balaban J connectivity index is 2.88. The fourth-order valence-electron chi connectivity index (χ4n) is 1.03. The number of amides is 1. The van der Waals surface area contributed by atoms with Gasteiger partial charge in [0.05, 0.1) is 5.56 Å². The summed E-state index contributed by atoms with van der Waals surface area (Å²) >= 11 is 3.15. The van der Waals surface area contributed by atoms with Crippen molar-refractivity contribution in [3.05, 3.63) is 28.2 Å². The second kappa shape index (κ2) is 4.98. The average molecular weight is 288 g/mol. The molecule has 0 saturated carbocycles. The number of nitrogens with one attached hydrogen (secondary N) is 1. The molecule has 0 fully saturated rings. The van der Waals surface area contributed by atoms with E-state index in [4.69, 9.17) is 5.11 Å². The van der Waals surface area contributed by atoms with Crippen LogP contribution in [0.15, 0.2) is 22.7 Å². The number of benzene rings is 1. The summed E-state index contributed by atoms with van der Waals surface area (Å²) in [6.45, 7) is 1.34. The van der Waals surface area contributed by atoms with Gasteiger partial charge >= 0.3 is 5.97 Å². The van der Waals surface area contributed by atoms with E-state index in [0.29, 0.717) is 4.47 Å². The van der Waals surface area contributed by atoms with E-state index in [1.54, 1.807) is 6.07 Å². The second-order valence-electron chi connectivity index (χ2n) is 3.19. The van der Waals surface area contributed by atoms with Crippen LogP contribution in [0, 0.1) is 0 Å². The third-order valence-corrected chi connectivity index (χ3v) is 2.41. The molecule has 86 valence electrons. The summed E-state index contributed by atoms with van der Waals surface area (Å²) in [6.07, 6.45) is 0. The zero-order valence-corrected chi connectivity index (χ0v) is 9.98. The highest BCUT2D eigenvalue weighted by molar-refractivity contribution is 9.10. The normalized spacial score (nSPS) is 11.9. The molecule has 1 amide bonds. The maximum Gasteiger partial charge on any atom is 0.325 e. The van der Waals surface area contributed by atoms with E-state index in [1.807, 2.05) is 0 Å². The molecule has 0 heterocycles. The summed E-state index contributed by atoms with van der Waals surface area (Å²) in [5.74, 6) is -1.96. The smallest absolute Gasteiger partial charge is 0.325 e. The van der Waals surface area contributed by atoms with Crippen LogP contribution in [0.3, 0.4) is 0 Å². The first-order chi connectivity index (χ1) is 7.41. The minimum atomic E-state index is -1.14. The second-order valence-corrected chi connectivity index (χ2v) is 4.11. The molecule has 0 aliphatic rings. The summed E-state index contributed by atoms with van der Waals surface area (Å²) in [7, 11) is 0. The molecular formula is C10H10BrNO4. The summed E-state index contributed by atoms with van der Waals surface area (Å²) in [6, 6.07) is 3.34.